The number of hydrogen-bond acceptors (Lipinski definition) is 6. The van der Waals surface area contributed by atoms with Crippen LogP contribution in [0.2, 0.25) is 0 Å². The van der Waals surface area contributed by atoms with Crippen molar-refractivity contribution in [3.05, 3.63) is 58.7 Å². The van der Waals surface area contributed by atoms with Gasteiger partial charge in [0.2, 0.25) is 0 Å². The maximum atomic E-state index is 12.8. The van der Waals surface area contributed by atoms with Crippen molar-refractivity contribution < 1.29 is 27.9 Å². The molecule has 1 N–H and O–H groups in total. The second-order valence-corrected chi connectivity index (χ2v) is 8.13. The highest BCUT2D eigenvalue weighted by atomic mass is 32.2. The molecule has 0 spiro atoms. The molecule has 2 aromatic carbocycles. The lowest BCUT2D eigenvalue weighted by molar-refractivity contribution is 0.0600. The number of carbonyl (C=O) groups is 2. The number of rotatable bonds is 4. The third-order valence-corrected chi connectivity index (χ3v) is 6.17. The molecule has 0 unspecified atom stereocenters. The van der Waals surface area contributed by atoms with E-state index in [1.165, 1.54) is 37.4 Å². The molecule has 0 bridgehead atoms. The van der Waals surface area contributed by atoms with Gasteiger partial charge in [0.05, 0.1) is 23.3 Å². The standard InChI is InChI=1S/C19H18O6S/c1-25-19(22)12-5-7-13(8-6-12)26(23,24)11-16-14-3-2-4-17(20)15(14)9-10-18(16)21/h5-10,21H,2-4,11H2,1H3. The Hall–Kier alpha value is -2.67. The minimum Gasteiger partial charge on any atom is -0.508 e. The first-order valence-corrected chi connectivity index (χ1v) is 9.77. The Balaban J connectivity index is 1.97. The van der Waals surface area contributed by atoms with Gasteiger partial charge in [-0.2, -0.15) is 0 Å². The van der Waals surface area contributed by atoms with E-state index in [-0.39, 0.29) is 27.6 Å². The number of phenolic OH excluding ortho intramolecular Hbond substituents is 1. The Bertz CT molecular complexity index is 974. The van der Waals surface area contributed by atoms with Crippen LogP contribution in [0.5, 0.6) is 5.75 Å². The SMILES string of the molecule is COC(=O)c1ccc(S(=O)(=O)Cc2c(O)ccc3c2CCCC3=O)cc1. The molecule has 0 aromatic heterocycles. The molecular weight excluding hydrogens is 356 g/mol. The minimum atomic E-state index is -3.76. The molecule has 0 fully saturated rings. The molecule has 3 rings (SSSR count). The lowest BCUT2D eigenvalue weighted by Gasteiger charge is -2.19. The van der Waals surface area contributed by atoms with E-state index in [4.69, 9.17) is 0 Å². The number of fused-ring (bicyclic) bond motifs is 1. The van der Waals surface area contributed by atoms with Crippen molar-refractivity contribution >= 4 is 21.6 Å². The number of esters is 1. The van der Waals surface area contributed by atoms with Crippen molar-refractivity contribution in [1.82, 2.24) is 0 Å². The largest absolute Gasteiger partial charge is 0.508 e. The van der Waals surface area contributed by atoms with Crippen molar-refractivity contribution in [2.45, 2.75) is 29.9 Å². The van der Waals surface area contributed by atoms with Crippen molar-refractivity contribution in [1.29, 1.82) is 0 Å². The van der Waals surface area contributed by atoms with E-state index in [9.17, 15) is 23.1 Å². The summed E-state index contributed by atoms with van der Waals surface area (Å²) in [5.74, 6) is -1.13. The van der Waals surface area contributed by atoms with E-state index in [0.29, 0.717) is 30.4 Å². The highest BCUT2D eigenvalue weighted by Gasteiger charge is 2.26. The number of aromatic hydroxyl groups is 1. The molecule has 6 nitrogen and oxygen atoms in total. The van der Waals surface area contributed by atoms with Crippen LogP contribution in [0.4, 0.5) is 0 Å². The topological polar surface area (TPSA) is 97.7 Å². The summed E-state index contributed by atoms with van der Waals surface area (Å²) in [7, 11) is -2.51. The van der Waals surface area contributed by atoms with Gasteiger partial charge in [0.25, 0.3) is 0 Å². The molecule has 7 heteroatoms. The Morgan fingerprint density at radius 1 is 1.12 bits per heavy atom. The number of sulfone groups is 1. The molecular formula is C19H18O6S. The highest BCUT2D eigenvalue weighted by molar-refractivity contribution is 7.90. The van der Waals surface area contributed by atoms with E-state index >= 15 is 0 Å². The van der Waals surface area contributed by atoms with Crippen molar-refractivity contribution in [3.63, 3.8) is 0 Å². The number of hydrogen-bond donors (Lipinski definition) is 1. The van der Waals surface area contributed by atoms with Crippen LogP contribution in [0, 0.1) is 0 Å². The van der Waals surface area contributed by atoms with Crippen molar-refractivity contribution in [2.75, 3.05) is 7.11 Å². The Labute approximate surface area is 151 Å². The van der Waals surface area contributed by atoms with Crippen LogP contribution < -0.4 is 0 Å². The van der Waals surface area contributed by atoms with Gasteiger partial charge in [-0.1, -0.05) is 0 Å². The molecule has 1 aliphatic carbocycles. The number of ether oxygens (including phenoxy) is 1. The third-order valence-electron chi connectivity index (χ3n) is 4.51. The Morgan fingerprint density at radius 2 is 1.81 bits per heavy atom. The first-order chi connectivity index (χ1) is 12.3. The van der Waals surface area contributed by atoms with Crippen molar-refractivity contribution in [2.24, 2.45) is 0 Å². The van der Waals surface area contributed by atoms with Crippen LogP contribution in [-0.4, -0.2) is 32.4 Å². The molecule has 0 atom stereocenters. The Morgan fingerprint density at radius 3 is 2.46 bits per heavy atom. The second-order valence-electron chi connectivity index (χ2n) is 6.14. The van der Waals surface area contributed by atoms with E-state index in [2.05, 4.69) is 4.74 Å². The second kappa shape index (κ2) is 6.92. The van der Waals surface area contributed by atoms with Crippen LogP contribution >= 0.6 is 0 Å². The summed E-state index contributed by atoms with van der Waals surface area (Å²) >= 11 is 0. The quantitative estimate of drug-likeness (QED) is 0.827. The zero-order valence-corrected chi connectivity index (χ0v) is 15.0. The van der Waals surface area contributed by atoms with Gasteiger partial charge in [0.15, 0.2) is 15.6 Å². The van der Waals surface area contributed by atoms with Crippen LogP contribution in [0.1, 0.15) is 44.7 Å². The summed E-state index contributed by atoms with van der Waals surface area (Å²) < 4.78 is 30.1. The van der Waals surface area contributed by atoms with Crippen LogP contribution in [0.15, 0.2) is 41.3 Å². The fraction of sp³-hybridized carbons (Fsp3) is 0.263. The average Bonchev–Trinajstić information content (AvgIpc) is 2.63. The van der Waals surface area contributed by atoms with Crippen LogP contribution in [0.25, 0.3) is 0 Å². The van der Waals surface area contributed by atoms with E-state index in [0.717, 1.165) is 0 Å². The van der Waals surface area contributed by atoms with E-state index < -0.39 is 21.6 Å². The van der Waals surface area contributed by atoms with Gasteiger partial charge in [-0.3, -0.25) is 4.79 Å². The van der Waals surface area contributed by atoms with Gasteiger partial charge in [-0.25, -0.2) is 13.2 Å². The normalized spacial score (nSPS) is 14.0. The zero-order valence-electron chi connectivity index (χ0n) is 14.2. The molecule has 0 saturated carbocycles. The first-order valence-electron chi connectivity index (χ1n) is 8.11. The third kappa shape index (κ3) is 3.35. The molecule has 0 heterocycles. The minimum absolute atomic E-state index is 0.0318. The smallest absolute Gasteiger partial charge is 0.337 e. The lowest BCUT2D eigenvalue weighted by Crippen LogP contribution is -2.15. The van der Waals surface area contributed by atoms with Gasteiger partial charge >= 0.3 is 5.97 Å². The van der Waals surface area contributed by atoms with Gasteiger partial charge < -0.3 is 9.84 Å². The maximum absolute atomic E-state index is 12.8. The molecule has 26 heavy (non-hydrogen) atoms. The zero-order chi connectivity index (χ0) is 18.9. The van der Waals surface area contributed by atoms with Crippen LogP contribution in [0.3, 0.4) is 0 Å². The molecule has 136 valence electrons. The molecule has 0 radical (unpaired) electrons. The van der Waals surface area contributed by atoms with Crippen LogP contribution in [-0.2, 0) is 26.7 Å². The lowest BCUT2D eigenvalue weighted by atomic mass is 9.87. The van der Waals surface area contributed by atoms with Crippen molar-refractivity contribution in [3.8, 4) is 5.75 Å². The van der Waals surface area contributed by atoms with Gasteiger partial charge in [0.1, 0.15) is 5.75 Å². The number of carbonyl (C=O) groups excluding carboxylic acids is 2. The average molecular weight is 374 g/mol. The Kier molecular flexibility index (Phi) is 4.82. The summed E-state index contributed by atoms with van der Waals surface area (Å²) in [6, 6.07) is 8.34. The molecule has 0 saturated heterocycles. The number of methoxy groups -OCH3 is 1. The molecule has 0 aliphatic heterocycles. The number of ketones is 1. The van der Waals surface area contributed by atoms with E-state index in [1.807, 2.05) is 0 Å². The summed E-state index contributed by atoms with van der Waals surface area (Å²) in [6.07, 6.45) is 1.62. The van der Waals surface area contributed by atoms with Gasteiger partial charge in [-0.05, 0) is 54.8 Å². The highest BCUT2D eigenvalue weighted by Crippen LogP contribution is 2.33. The fourth-order valence-corrected chi connectivity index (χ4v) is 4.56. The summed E-state index contributed by atoms with van der Waals surface area (Å²) in [5, 5.41) is 10.2. The summed E-state index contributed by atoms with van der Waals surface area (Å²) in [4.78, 5) is 23.5. The summed E-state index contributed by atoms with van der Waals surface area (Å²) in [5.41, 5.74) is 1.61. The number of benzene rings is 2. The van der Waals surface area contributed by atoms with Gasteiger partial charge in [-0.15, -0.1) is 0 Å². The molecule has 1 aliphatic rings. The fourth-order valence-electron chi connectivity index (χ4n) is 3.14. The maximum Gasteiger partial charge on any atom is 0.337 e. The molecule has 0 amide bonds. The van der Waals surface area contributed by atoms with E-state index in [1.54, 1.807) is 6.07 Å². The van der Waals surface area contributed by atoms with Gasteiger partial charge in [0, 0.05) is 17.5 Å². The number of phenols is 1. The number of Topliss-reactive ketones (excluding diaryl/α,β-unsaturated/α-hetero) is 1. The predicted octanol–water partition coefficient (Wildman–Crippen LogP) is 2.67. The first kappa shape index (κ1) is 18.1. The monoisotopic (exact) mass is 374 g/mol. The molecule has 2 aromatic rings. The predicted molar refractivity (Wildman–Crippen MR) is 94.0 cm³/mol. The summed E-state index contributed by atoms with van der Waals surface area (Å²) in [6.45, 7) is 0.